The molecule has 1 N–H and O–H groups in total. The van der Waals surface area contributed by atoms with Crippen LogP contribution in [0.5, 0.6) is 5.75 Å². The van der Waals surface area contributed by atoms with Crippen molar-refractivity contribution in [2.45, 2.75) is 0 Å². The van der Waals surface area contributed by atoms with Crippen LogP contribution in [-0.2, 0) is 4.79 Å². The number of carboxylic acid groups (broad SMARTS) is 1. The topological polar surface area (TPSA) is 70.3 Å². The van der Waals surface area contributed by atoms with Gasteiger partial charge in [-0.05, 0) is 74.4 Å². The third-order valence-electron chi connectivity index (χ3n) is 2.93. The fourth-order valence-electron chi connectivity index (χ4n) is 1.97. The number of carbonyl (C=O) groups is 1. The lowest BCUT2D eigenvalue weighted by molar-refractivity contribution is -0.139. The molecule has 0 amide bonds. The van der Waals surface area contributed by atoms with Gasteiger partial charge in [-0.1, -0.05) is 12.1 Å². The van der Waals surface area contributed by atoms with Crippen molar-refractivity contribution in [3.8, 4) is 11.8 Å². The normalized spacial score (nSPS) is 11.0. The highest BCUT2D eigenvalue weighted by Crippen LogP contribution is 2.34. The number of ether oxygens (including phenoxy) is 1. The van der Waals surface area contributed by atoms with E-state index in [1.807, 2.05) is 6.07 Å². The zero-order chi connectivity index (χ0) is 17.7. The average Bonchev–Trinajstić information content (AvgIpc) is 2.51. The number of hydrogen-bond donors (Lipinski definition) is 1. The quantitative estimate of drug-likeness (QED) is 0.365. The summed E-state index contributed by atoms with van der Waals surface area (Å²) in [6, 6.07) is 11.2. The summed E-state index contributed by atoms with van der Waals surface area (Å²) in [5.41, 5.74) is 1.19. The molecule has 24 heavy (non-hydrogen) atoms. The number of carboxylic acids is 1. The first-order valence-corrected chi connectivity index (χ1v) is 8.49. The maximum atomic E-state index is 13.4. The molecule has 0 atom stereocenters. The Balaban J connectivity index is 2.53. The van der Waals surface area contributed by atoms with Crippen LogP contribution in [0.4, 0.5) is 4.39 Å². The van der Waals surface area contributed by atoms with Gasteiger partial charge in [-0.25, -0.2) is 9.18 Å². The summed E-state index contributed by atoms with van der Waals surface area (Å²) in [6.45, 7) is -0.512. The van der Waals surface area contributed by atoms with E-state index in [9.17, 15) is 14.4 Å². The van der Waals surface area contributed by atoms with Crippen LogP contribution in [0.3, 0.4) is 0 Å². The molecule has 0 aromatic heterocycles. The number of halogens is 3. The maximum absolute atomic E-state index is 13.4. The van der Waals surface area contributed by atoms with Crippen LogP contribution in [0, 0.1) is 20.7 Å². The number of benzene rings is 2. The Kier molecular flexibility index (Phi) is 6.34. The van der Waals surface area contributed by atoms with E-state index in [1.165, 1.54) is 18.2 Å². The molecule has 0 heterocycles. The Labute approximate surface area is 159 Å². The van der Waals surface area contributed by atoms with Crippen molar-refractivity contribution in [2.75, 3.05) is 6.61 Å². The van der Waals surface area contributed by atoms with E-state index >= 15 is 0 Å². The van der Waals surface area contributed by atoms with Crippen molar-refractivity contribution < 1.29 is 19.0 Å². The number of allylic oxidation sites excluding steroid dienone is 1. The van der Waals surface area contributed by atoms with Gasteiger partial charge in [0, 0.05) is 9.13 Å². The van der Waals surface area contributed by atoms with Crippen LogP contribution >= 0.6 is 38.5 Å². The molecule has 0 spiro atoms. The Hall–Kier alpha value is -1.92. The molecule has 2 rings (SSSR count). The minimum atomic E-state index is -1.11. The highest BCUT2D eigenvalue weighted by Gasteiger charge is 2.12. The average molecular weight is 502 g/mol. The minimum Gasteiger partial charge on any atom is -0.480 e. The predicted molar refractivity (Wildman–Crippen MR) is 99.9 cm³/mol. The smallest absolute Gasteiger partial charge is 0.341 e. The van der Waals surface area contributed by atoms with Crippen LogP contribution < -0.4 is 4.74 Å². The third-order valence-corrected chi connectivity index (χ3v) is 4.14. The molecule has 2 aromatic rings. The van der Waals surface area contributed by atoms with E-state index in [2.05, 4.69) is 38.5 Å². The van der Waals surface area contributed by atoms with E-state index in [0.29, 0.717) is 21.3 Å². The van der Waals surface area contributed by atoms with Gasteiger partial charge < -0.3 is 9.84 Å². The molecule has 0 radical (unpaired) electrons. The molecular formula is C17H10BrFINO3. The van der Waals surface area contributed by atoms with Crippen molar-refractivity contribution in [3.05, 3.63) is 61.4 Å². The molecule has 122 valence electrons. The predicted octanol–water partition coefficient (Wildman–Crippen LogP) is 4.72. The fraction of sp³-hybridized carbons (Fsp3) is 0.0588. The second kappa shape index (κ2) is 8.26. The minimum absolute atomic E-state index is 0.239. The molecule has 0 saturated heterocycles. The zero-order valence-corrected chi connectivity index (χ0v) is 15.8. The van der Waals surface area contributed by atoms with E-state index < -0.39 is 18.4 Å². The Morgan fingerprint density at radius 1 is 1.42 bits per heavy atom. The first-order chi connectivity index (χ1) is 11.4. The summed E-state index contributed by atoms with van der Waals surface area (Å²) in [4.78, 5) is 10.7. The van der Waals surface area contributed by atoms with Crippen LogP contribution in [0.15, 0.2) is 40.9 Å². The van der Waals surface area contributed by atoms with E-state index in [-0.39, 0.29) is 5.57 Å². The first kappa shape index (κ1) is 18.4. The summed E-state index contributed by atoms with van der Waals surface area (Å²) in [6.07, 6.45) is 1.54. The molecular weight excluding hydrogens is 492 g/mol. The molecule has 0 aliphatic rings. The third kappa shape index (κ3) is 4.79. The van der Waals surface area contributed by atoms with Crippen molar-refractivity contribution in [1.82, 2.24) is 0 Å². The van der Waals surface area contributed by atoms with E-state index in [0.717, 1.165) is 3.57 Å². The van der Waals surface area contributed by atoms with Gasteiger partial charge in [-0.2, -0.15) is 5.26 Å². The van der Waals surface area contributed by atoms with Crippen LogP contribution in [-0.4, -0.2) is 17.7 Å². The highest BCUT2D eigenvalue weighted by atomic mass is 127. The second-order valence-corrected chi connectivity index (χ2v) is 6.77. The molecule has 0 aliphatic carbocycles. The van der Waals surface area contributed by atoms with Crippen molar-refractivity contribution >= 4 is 56.1 Å². The SMILES string of the molecule is N#C/C(=C/c1cc(I)cc(Br)c1OCC(=O)O)c1cccc(F)c1. The second-order valence-electron chi connectivity index (χ2n) is 4.67. The number of nitrogens with zero attached hydrogens (tertiary/aromatic N) is 1. The van der Waals surface area contributed by atoms with Crippen LogP contribution in [0.25, 0.3) is 11.6 Å². The molecule has 0 unspecified atom stereocenters. The van der Waals surface area contributed by atoms with E-state index in [1.54, 1.807) is 24.3 Å². The van der Waals surface area contributed by atoms with Crippen molar-refractivity contribution in [3.63, 3.8) is 0 Å². The van der Waals surface area contributed by atoms with E-state index in [4.69, 9.17) is 9.84 Å². The lowest BCUT2D eigenvalue weighted by Crippen LogP contribution is -2.10. The summed E-state index contributed by atoms with van der Waals surface area (Å²) in [7, 11) is 0. The Bertz CT molecular complexity index is 861. The van der Waals surface area contributed by atoms with Crippen LogP contribution in [0.1, 0.15) is 11.1 Å². The highest BCUT2D eigenvalue weighted by molar-refractivity contribution is 14.1. The summed E-state index contributed by atoms with van der Waals surface area (Å²) in [5.74, 6) is -1.25. The number of aliphatic carboxylic acids is 1. The van der Waals surface area contributed by atoms with Gasteiger partial charge >= 0.3 is 5.97 Å². The van der Waals surface area contributed by atoms with Gasteiger partial charge in [-0.3, -0.25) is 0 Å². The monoisotopic (exact) mass is 501 g/mol. The molecule has 0 saturated carbocycles. The van der Waals surface area contributed by atoms with Gasteiger partial charge in [0.1, 0.15) is 11.6 Å². The summed E-state index contributed by atoms with van der Waals surface area (Å²) >= 11 is 5.43. The van der Waals surface area contributed by atoms with Crippen LogP contribution in [0.2, 0.25) is 0 Å². The van der Waals surface area contributed by atoms with Gasteiger partial charge in [0.25, 0.3) is 0 Å². The molecule has 0 aliphatic heterocycles. The van der Waals surface area contributed by atoms with Gasteiger partial charge in [0.2, 0.25) is 0 Å². The van der Waals surface area contributed by atoms with Crippen molar-refractivity contribution in [1.29, 1.82) is 5.26 Å². The Morgan fingerprint density at radius 2 is 2.17 bits per heavy atom. The number of hydrogen-bond acceptors (Lipinski definition) is 3. The molecule has 4 nitrogen and oxygen atoms in total. The first-order valence-electron chi connectivity index (χ1n) is 6.62. The van der Waals surface area contributed by atoms with Gasteiger partial charge in [0.15, 0.2) is 6.61 Å². The number of rotatable bonds is 5. The Morgan fingerprint density at radius 3 is 2.79 bits per heavy atom. The summed E-state index contributed by atoms with van der Waals surface area (Å²) < 4.78 is 20.1. The number of nitriles is 1. The fourth-order valence-corrected chi connectivity index (χ4v) is 3.63. The molecule has 0 bridgehead atoms. The maximum Gasteiger partial charge on any atom is 0.341 e. The lowest BCUT2D eigenvalue weighted by atomic mass is 10.0. The van der Waals surface area contributed by atoms with Crippen molar-refractivity contribution in [2.24, 2.45) is 0 Å². The standard InChI is InChI=1S/C17H10BrFINO3/c18-15-7-14(20)6-11(17(15)24-9-16(22)23)4-12(8-21)10-2-1-3-13(19)5-10/h1-7H,9H2,(H,22,23)/b12-4-. The summed E-state index contributed by atoms with van der Waals surface area (Å²) in [5, 5.41) is 18.2. The lowest BCUT2D eigenvalue weighted by Gasteiger charge is -2.11. The van der Waals surface area contributed by atoms with Gasteiger partial charge in [0.05, 0.1) is 16.1 Å². The molecule has 2 aromatic carbocycles. The largest absolute Gasteiger partial charge is 0.480 e. The zero-order valence-electron chi connectivity index (χ0n) is 12.1. The molecule has 0 fully saturated rings. The molecule has 7 heteroatoms. The van der Waals surface area contributed by atoms with Gasteiger partial charge in [-0.15, -0.1) is 0 Å².